The summed E-state index contributed by atoms with van der Waals surface area (Å²) in [5.74, 6) is 3.10. The lowest BCUT2D eigenvalue weighted by Gasteiger charge is -2.11. The Balaban J connectivity index is 2.34. The molecule has 3 atom stereocenters. The first-order valence-corrected chi connectivity index (χ1v) is 5.56. The zero-order valence-corrected chi connectivity index (χ0v) is 9.49. The molecule has 0 aliphatic heterocycles. The molecule has 0 bridgehead atoms. The van der Waals surface area contributed by atoms with E-state index in [1.165, 1.54) is 11.1 Å². The normalized spacial score (nSPS) is 30.8. The predicted molar refractivity (Wildman–Crippen MR) is 59.4 cm³/mol. The molecule has 1 saturated carbocycles. The van der Waals surface area contributed by atoms with E-state index in [1.54, 1.807) is 0 Å². The van der Waals surface area contributed by atoms with Gasteiger partial charge in [-0.3, -0.25) is 4.98 Å². The van der Waals surface area contributed by atoms with Gasteiger partial charge in [0.15, 0.2) is 0 Å². The minimum absolute atomic E-state index is 0.596. The lowest BCUT2D eigenvalue weighted by atomic mass is 9.95. The lowest BCUT2D eigenvalue weighted by molar-refractivity contribution is 0.814. The summed E-state index contributed by atoms with van der Waals surface area (Å²) in [5.41, 5.74) is 2.98. The van der Waals surface area contributed by atoms with Gasteiger partial charge in [0.2, 0.25) is 0 Å². The molecular formula is C13H19N. The minimum Gasteiger partial charge on any atom is -0.264 e. The third-order valence-electron chi connectivity index (χ3n) is 3.69. The van der Waals surface area contributed by atoms with Crippen LogP contribution in [0.3, 0.4) is 0 Å². The second kappa shape index (κ2) is 3.38. The van der Waals surface area contributed by atoms with Gasteiger partial charge >= 0.3 is 0 Å². The molecule has 0 spiro atoms. The summed E-state index contributed by atoms with van der Waals surface area (Å²) in [5, 5.41) is 0. The molecule has 0 amide bonds. The maximum Gasteiger partial charge on any atom is 0.0305 e. The fraction of sp³-hybridized carbons (Fsp3) is 0.615. The highest BCUT2D eigenvalue weighted by atomic mass is 14.6. The van der Waals surface area contributed by atoms with Crippen LogP contribution in [0.15, 0.2) is 18.5 Å². The van der Waals surface area contributed by atoms with Gasteiger partial charge in [-0.15, -0.1) is 0 Å². The van der Waals surface area contributed by atoms with E-state index < -0.39 is 0 Å². The molecule has 0 N–H and O–H groups in total. The van der Waals surface area contributed by atoms with Crippen LogP contribution < -0.4 is 0 Å². The van der Waals surface area contributed by atoms with Crippen LogP contribution in [0, 0.1) is 11.8 Å². The van der Waals surface area contributed by atoms with E-state index in [9.17, 15) is 0 Å². The maximum absolute atomic E-state index is 4.23. The van der Waals surface area contributed by atoms with Crippen LogP contribution in [0.2, 0.25) is 0 Å². The van der Waals surface area contributed by atoms with Gasteiger partial charge in [0.05, 0.1) is 0 Å². The summed E-state index contributed by atoms with van der Waals surface area (Å²) >= 11 is 0. The Labute approximate surface area is 86.6 Å². The highest BCUT2D eigenvalue weighted by Crippen LogP contribution is 2.54. The van der Waals surface area contributed by atoms with Crippen LogP contribution in [0.5, 0.6) is 0 Å². The minimum atomic E-state index is 0.596. The topological polar surface area (TPSA) is 12.9 Å². The number of pyridine rings is 1. The van der Waals surface area contributed by atoms with E-state index in [-0.39, 0.29) is 0 Å². The summed E-state index contributed by atoms with van der Waals surface area (Å²) in [6.07, 6.45) is 3.97. The molecule has 0 radical (unpaired) electrons. The van der Waals surface area contributed by atoms with E-state index in [4.69, 9.17) is 0 Å². The third kappa shape index (κ3) is 1.45. The maximum atomic E-state index is 4.23. The summed E-state index contributed by atoms with van der Waals surface area (Å²) in [6.45, 7) is 9.19. The van der Waals surface area contributed by atoms with Gasteiger partial charge in [0.25, 0.3) is 0 Å². The van der Waals surface area contributed by atoms with Gasteiger partial charge in [0.1, 0.15) is 0 Å². The highest BCUT2D eigenvalue weighted by Gasteiger charge is 2.44. The second-order valence-corrected chi connectivity index (χ2v) is 4.90. The van der Waals surface area contributed by atoms with Crippen molar-refractivity contribution >= 4 is 0 Å². The van der Waals surface area contributed by atoms with Crippen LogP contribution in [-0.4, -0.2) is 4.98 Å². The zero-order valence-electron chi connectivity index (χ0n) is 9.49. The molecule has 0 aromatic carbocycles. The van der Waals surface area contributed by atoms with E-state index in [0.717, 1.165) is 17.8 Å². The molecule has 0 saturated heterocycles. The standard InChI is InChI=1S/C13H19N/c1-8(2)12-7-14-6-5-11(12)13-9(3)10(13)4/h5-10,13H,1-4H3/t9-,10?,13?/m1/s1. The van der Waals surface area contributed by atoms with Crippen molar-refractivity contribution in [2.75, 3.05) is 0 Å². The van der Waals surface area contributed by atoms with Gasteiger partial charge in [-0.1, -0.05) is 27.7 Å². The van der Waals surface area contributed by atoms with Crippen molar-refractivity contribution in [2.45, 2.75) is 39.5 Å². The molecule has 1 heterocycles. The largest absolute Gasteiger partial charge is 0.264 e. The van der Waals surface area contributed by atoms with E-state index in [0.29, 0.717) is 5.92 Å². The van der Waals surface area contributed by atoms with Gasteiger partial charge in [-0.05, 0) is 40.9 Å². The first-order valence-electron chi connectivity index (χ1n) is 5.56. The zero-order chi connectivity index (χ0) is 10.3. The molecule has 14 heavy (non-hydrogen) atoms. The van der Waals surface area contributed by atoms with E-state index in [2.05, 4.69) is 38.7 Å². The predicted octanol–water partition coefficient (Wildman–Crippen LogP) is 3.57. The number of rotatable bonds is 2. The number of hydrogen-bond acceptors (Lipinski definition) is 1. The van der Waals surface area contributed by atoms with E-state index >= 15 is 0 Å². The van der Waals surface area contributed by atoms with Crippen molar-refractivity contribution in [1.82, 2.24) is 4.98 Å². The molecule has 1 aromatic heterocycles. The monoisotopic (exact) mass is 189 g/mol. The average Bonchev–Trinajstić information content (AvgIpc) is 2.75. The summed E-state index contributed by atoms with van der Waals surface area (Å²) in [7, 11) is 0. The lowest BCUT2D eigenvalue weighted by Crippen LogP contribution is -1.96. The molecule has 1 heteroatoms. The Morgan fingerprint density at radius 1 is 1.21 bits per heavy atom. The van der Waals surface area contributed by atoms with Gasteiger partial charge in [-0.2, -0.15) is 0 Å². The van der Waals surface area contributed by atoms with Crippen LogP contribution in [0.4, 0.5) is 0 Å². The molecular weight excluding hydrogens is 170 g/mol. The summed E-state index contributed by atoms with van der Waals surface area (Å²) in [6, 6.07) is 2.21. The van der Waals surface area contributed by atoms with E-state index in [1.807, 2.05) is 12.4 Å². The Morgan fingerprint density at radius 3 is 2.36 bits per heavy atom. The molecule has 1 aliphatic rings. The van der Waals surface area contributed by atoms with Gasteiger partial charge in [-0.25, -0.2) is 0 Å². The second-order valence-electron chi connectivity index (χ2n) is 4.90. The Morgan fingerprint density at radius 2 is 1.86 bits per heavy atom. The smallest absolute Gasteiger partial charge is 0.0305 e. The molecule has 1 aromatic rings. The van der Waals surface area contributed by atoms with Gasteiger partial charge < -0.3 is 0 Å². The Bertz CT molecular complexity index is 322. The van der Waals surface area contributed by atoms with Crippen molar-refractivity contribution in [3.63, 3.8) is 0 Å². The van der Waals surface area contributed by atoms with Crippen LogP contribution in [-0.2, 0) is 0 Å². The first kappa shape index (κ1) is 9.70. The SMILES string of the molecule is CC(C)c1cnccc1C1C(C)[C@H]1C. The summed E-state index contributed by atoms with van der Waals surface area (Å²) in [4.78, 5) is 4.23. The summed E-state index contributed by atoms with van der Waals surface area (Å²) < 4.78 is 0. The number of hydrogen-bond donors (Lipinski definition) is 0. The Kier molecular flexibility index (Phi) is 2.34. The van der Waals surface area contributed by atoms with Gasteiger partial charge in [0, 0.05) is 12.4 Å². The van der Waals surface area contributed by atoms with Crippen molar-refractivity contribution < 1.29 is 0 Å². The fourth-order valence-corrected chi connectivity index (χ4v) is 2.43. The van der Waals surface area contributed by atoms with Crippen molar-refractivity contribution in [2.24, 2.45) is 11.8 Å². The third-order valence-corrected chi connectivity index (χ3v) is 3.69. The average molecular weight is 189 g/mol. The molecule has 1 nitrogen and oxygen atoms in total. The van der Waals surface area contributed by atoms with Crippen LogP contribution in [0.1, 0.15) is 50.7 Å². The molecule has 2 unspecified atom stereocenters. The van der Waals surface area contributed by atoms with Crippen molar-refractivity contribution in [3.05, 3.63) is 29.6 Å². The van der Waals surface area contributed by atoms with Crippen molar-refractivity contribution in [1.29, 1.82) is 0 Å². The highest BCUT2D eigenvalue weighted by molar-refractivity contribution is 5.35. The molecule has 1 aliphatic carbocycles. The van der Waals surface area contributed by atoms with Crippen LogP contribution >= 0.6 is 0 Å². The number of nitrogens with zero attached hydrogens (tertiary/aromatic N) is 1. The van der Waals surface area contributed by atoms with Crippen molar-refractivity contribution in [3.8, 4) is 0 Å². The molecule has 76 valence electrons. The molecule has 1 fully saturated rings. The quantitative estimate of drug-likeness (QED) is 0.693. The van der Waals surface area contributed by atoms with Crippen LogP contribution in [0.25, 0.3) is 0 Å². The first-order chi connectivity index (χ1) is 6.63. The Hall–Kier alpha value is -0.850. The molecule has 2 rings (SSSR count). The number of aromatic nitrogens is 1. The fourth-order valence-electron chi connectivity index (χ4n) is 2.43.